The molecule has 1 aliphatic carbocycles. The molecule has 0 aromatic heterocycles. The summed E-state index contributed by atoms with van der Waals surface area (Å²) in [5.74, 6) is 1.27. The highest BCUT2D eigenvalue weighted by Crippen LogP contribution is 2.54. The highest BCUT2D eigenvalue weighted by atomic mass is 16.5. The second-order valence-corrected chi connectivity index (χ2v) is 6.63. The van der Waals surface area contributed by atoms with Crippen LogP contribution in [0.1, 0.15) is 59.3 Å². The molecule has 3 nitrogen and oxygen atoms in total. The smallest absolute Gasteiger partial charge is 0.312 e. The third-order valence-corrected chi connectivity index (χ3v) is 5.20. The Labute approximate surface area is 125 Å². The first kappa shape index (κ1) is 17.5. The van der Waals surface area contributed by atoms with Gasteiger partial charge in [-0.2, -0.15) is 0 Å². The minimum Gasteiger partial charge on any atom is -0.464 e. The molecule has 0 heterocycles. The molecule has 0 bridgehead atoms. The van der Waals surface area contributed by atoms with E-state index in [9.17, 15) is 4.79 Å². The molecule has 1 rings (SSSR count). The van der Waals surface area contributed by atoms with E-state index in [1.807, 2.05) is 14.1 Å². The van der Waals surface area contributed by atoms with E-state index in [0.717, 1.165) is 25.8 Å². The molecule has 0 saturated heterocycles. The van der Waals surface area contributed by atoms with Crippen molar-refractivity contribution in [3.05, 3.63) is 0 Å². The van der Waals surface area contributed by atoms with E-state index in [4.69, 9.17) is 4.74 Å². The highest BCUT2D eigenvalue weighted by molar-refractivity contribution is 5.78. The summed E-state index contributed by atoms with van der Waals surface area (Å²) in [7, 11) is 4.01. The summed E-state index contributed by atoms with van der Waals surface area (Å²) in [6.45, 7) is 8.01. The Morgan fingerprint density at radius 2 is 1.95 bits per heavy atom. The Morgan fingerprint density at radius 3 is 2.35 bits per heavy atom. The second kappa shape index (κ2) is 8.02. The fourth-order valence-corrected chi connectivity index (χ4v) is 3.47. The van der Waals surface area contributed by atoms with E-state index in [2.05, 4.69) is 25.7 Å². The number of esters is 1. The molecule has 0 spiro atoms. The molecule has 3 heteroatoms. The number of hydrogen-bond donors (Lipinski definition) is 0. The van der Waals surface area contributed by atoms with Crippen molar-refractivity contribution in [1.82, 2.24) is 4.90 Å². The van der Waals surface area contributed by atoms with E-state index >= 15 is 0 Å². The maximum atomic E-state index is 12.6. The van der Waals surface area contributed by atoms with Crippen molar-refractivity contribution in [1.29, 1.82) is 0 Å². The van der Waals surface area contributed by atoms with E-state index in [-0.39, 0.29) is 11.4 Å². The number of carbonyl (C=O) groups is 1. The third kappa shape index (κ3) is 3.97. The fraction of sp³-hybridized carbons (Fsp3) is 0.941. The van der Waals surface area contributed by atoms with Crippen molar-refractivity contribution in [3.8, 4) is 0 Å². The van der Waals surface area contributed by atoms with Gasteiger partial charge in [-0.1, -0.05) is 40.0 Å². The van der Waals surface area contributed by atoms with Crippen LogP contribution in [-0.4, -0.2) is 38.1 Å². The second-order valence-electron chi connectivity index (χ2n) is 6.63. The third-order valence-electron chi connectivity index (χ3n) is 5.20. The van der Waals surface area contributed by atoms with E-state index < -0.39 is 0 Å². The molecule has 20 heavy (non-hydrogen) atoms. The van der Waals surface area contributed by atoms with E-state index in [1.165, 1.54) is 19.3 Å². The zero-order chi connectivity index (χ0) is 15.2. The number of likely N-dealkylation sites (N-methyl/N-ethyl adjacent to an activating group) is 1. The van der Waals surface area contributed by atoms with Crippen LogP contribution < -0.4 is 0 Å². The molecular weight excluding hydrogens is 250 g/mol. The first-order valence-electron chi connectivity index (χ1n) is 8.32. The fourth-order valence-electron chi connectivity index (χ4n) is 3.47. The van der Waals surface area contributed by atoms with Crippen molar-refractivity contribution >= 4 is 5.97 Å². The molecule has 0 aromatic carbocycles. The van der Waals surface area contributed by atoms with Gasteiger partial charge in [-0.05, 0) is 45.2 Å². The van der Waals surface area contributed by atoms with Crippen LogP contribution in [0.2, 0.25) is 0 Å². The summed E-state index contributed by atoms with van der Waals surface area (Å²) in [5.41, 5.74) is -0.169. The van der Waals surface area contributed by atoms with Crippen LogP contribution >= 0.6 is 0 Å². The Morgan fingerprint density at radius 1 is 1.30 bits per heavy atom. The average molecular weight is 283 g/mol. The van der Waals surface area contributed by atoms with Gasteiger partial charge in [-0.25, -0.2) is 0 Å². The van der Waals surface area contributed by atoms with Crippen LogP contribution in [0, 0.1) is 17.3 Å². The first-order valence-corrected chi connectivity index (χ1v) is 8.32. The molecular formula is C17H33NO2. The molecule has 1 fully saturated rings. The topological polar surface area (TPSA) is 29.5 Å². The first-order chi connectivity index (χ1) is 9.50. The van der Waals surface area contributed by atoms with Gasteiger partial charge in [0.25, 0.3) is 0 Å². The Hall–Kier alpha value is -0.570. The van der Waals surface area contributed by atoms with Crippen LogP contribution in [0.5, 0.6) is 0 Å². The van der Waals surface area contributed by atoms with Gasteiger partial charge in [-0.15, -0.1) is 0 Å². The number of carbonyl (C=O) groups excluding carboxylic acids is 1. The molecule has 0 radical (unpaired) electrons. The summed E-state index contributed by atoms with van der Waals surface area (Å²) in [6.07, 6.45) is 6.68. The Kier molecular flexibility index (Phi) is 7.01. The maximum absolute atomic E-state index is 12.6. The van der Waals surface area contributed by atoms with Gasteiger partial charge in [0.05, 0.1) is 5.41 Å². The summed E-state index contributed by atoms with van der Waals surface area (Å²) in [5, 5.41) is 0. The largest absolute Gasteiger partial charge is 0.464 e. The van der Waals surface area contributed by atoms with Crippen molar-refractivity contribution in [2.24, 2.45) is 17.3 Å². The lowest BCUT2D eigenvalue weighted by Crippen LogP contribution is -2.49. The number of hydrogen-bond acceptors (Lipinski definition) is 3. The Bertz CT molecular complexity index is 297. The summed E-state index contributed by atoms with van der Waals surface area (Å²) in [6, 6.07) is 0. The zero-order valence-corrected chi connectivity index (χ0v) is 14.1. The van der Waals surface area contributed by atoms with E-state index in [0.29, 0.717) is 18.4 Å². The molecule has 0 amide bonds. The summed E-state index contributed by atoms with van der Waals surface area (Å²) >= 11 is 0. The van der Waals surface area contributed by atoms with E-state index in [1.54, 1.807) is 0 Å². The van der Waals surface area contributed by atoms with Crippen LogP contribution in [0.25, 0.3) is 0 Å². The predicted octanol–water partition coefficient (Wildman–Crippen LogP) is 3.72. The average Bonchev–Trinajstić information content (AvgIpc) is 2.39. The van der Waals surface area contributed by atoms with Gasteiger partial charge >= 0.3 is 5.97 Å². The lowest BCUT2D eigenvalue weighted by atomic mass is 9.55. The standard InChI is InChI=1S/C17H33NO2/c1-6-14(7-2)13-17(10-9-15(17)8-3)16(19)20-12-11-18(4)5/h14-15H,6-13H2,1-5H3. The number of rotatable bonds is 9. The van der Waals surface area contributed by atoms with Gasteiger partial charge in [0, 0.05) is 6.54 Å². The SMILES string of the molecule is CCC(CC)CC1(C(=O)OCCN(C)C)CCC1CC. The van der Waals surface area contributed by atoms with Crippen LogP contribution in [0.4, 0.5) is 0 Å². The molecule has 118 valence electrons. The summed E-state index contributed by atoms with van der Waals surface area (Å²) < 4.78 is 5.60. The molecule has 2 atom stereocenters. The van der Waals surface area contributed by atoms with Crippen LogP contribution in [0.3, 0.4) is 0 Å². The monoisotopic (exact) mass is 283 g/mol. The number of ether oxygens (including phenoxy) is 1. The predicted molar refractivity (Wildman–Crippen MR) is 83.7 cm³/mol. The Balaban J connectivity index is 2.66. The van der Waals surface area contributed by atoms with Gasteiger partial charge in [0.2, 0.25) is 0 Å². The lowest BCUT2D eigenvalue weighted by molar-refractivity contribution is -0.171. The minimum atomic E-state index is -0.169. The maximum Gasteiger partial charge on any atom is 0.312 e. The molecule has 1 aliphatic rings. The zero-order valence-electron chi connectivity index (χ0n) is 14.1. The van der Waals surface area contributed by atoms with Gasteiger partial charge < -0.3 is 9.64 Å². The minimum absolute atomic E-state index is 0.0735. The quantitative estimate of drug-likeness (QED) is 0.604. The van der Waals surface area contributed by atoms with Crippen LogP contribution in [0.15, 0.2) is 0 Å². The van der Waals surface area contributed by atoms with Crippen molar-refractivity contribution < 1.29 is 9.53 Å². The van der Waals surface area contributed by atoms with Gasteiger partial charge in [0.1, 0.15) is 6.61 Å². The molecule has 2 unspecified atom stereocenters. The normalized spacial score (nSPS) is 25.9. The van der Waals surface area contributed by atoms with Gasteiger partial charge in [0.15, 0.2) is 0 Å². The molecule has 0 aliphatic heterocycles. The van der Waals surface area contributed by atoms with Crippen molar-refractivity contribution in [2.45, 2.75) is 59.3 Å². The van der Waals surface area contributed by atoms with Crippen molar-refractivity contribution in [3.63, 3.8) is 0 Å². The number of nitrogens with zero attached hydrogens (tertiary/aromatic N) is 1. The molecule has 0 aromatic rings. The lowest BCUT2D eigenvalue weighted by Gasteiger charge is -2.48. The summed E-state index contributed by atoms with van der Waals surface area (Å²) in [4.78, 5) is 14.7. The van der Waals surface area contributed by atoms with Crippen LogP contribution in [-0.2, 0) is 9.53 Å². The highest BCUT2D eigenvalue weighted by Gasteiger charge is 2.53. The van der Waals surface area contributed by atoms with Crippen molar-refractivity contribution in [2.75, 3.05) is 27.2 Å². The van der Waals surface area contributed by atoms with Gasteiger partial charge in [-0.3, -0.25) is 4.79 Å². The molecule has 0 N–H and O–H groups in total. The molecule has 1 saturated carbocycles.